The summed E-state index contributed by atoms with van der Waals surface area (Å²) in [5, 5.41) is 2.54. The number of nitrogens with one attached hydrogen (secondary N) is 1. The average molecular weight is 429 g/mol. The number of amides is 1. The molecule has 0 atom stereocenters. The highest BCUT2D eigenvalue weighted by Gasteiger charge is 2.34. The number of ether oxygens (including phenoxy) is 2. The third-order valence-corrected chi connectivity index (χ3v) is 4.25. The highest BCUT2D eigenvalue weighted by Crippen LogP contribution is 2.38. The first-order chi connectivity index (χ1) is 13.6. The van der Waals surface area contributed by atoms with Crippen LogP contribution in [0.4, 0.5) is 24.5 Å². The molecule has 1 N–H and O–H groups in total. The largest absolute Gasteiger partial charge is 0.493 e. The summed E-state index contributed by atoms with van der Waals surface area (Å²) in [5.41, 5.74) is -0.379. The molecule has 29 heavy (non-hydrogen) atoms. The SMILES string of the molecule is COc1cc(C=CC(=O)Nc2ccc(N(C)C)cc2C(F)(F)F)cc(Cl)c1OC. The van der Waals surface area contributed by atoms with Gasteiger partial charge in [-0.2, -0.15) is 13.2 Å². The second-order valence-electron chi connectivity index (χ2n) is 6.18. The zero-order chi connectivity index (χ0) is 21.8. The summed E-state index contributed by atoms with van der Waals surface area (Å²) in [6, 6.07) is 6.81. The van der Waals surface area contributed by atoms with Gasteiger partial charge in [-0.05, 0) is 42.0 Å². The maximum Gasteiger partial charge on any atom is 0.418 e. The zero-order valence-corrected chi connectivity index (χ0v) is 17.0. The van der Waals surface area contributed by atoms with Crippen LogP contribution < -0.4 is 19.7 Å². The second-order valence-corrected chi connectivity index (χ2v) is 6.59. The van der Waals surface area contributed by atoms with Crippen molar-refractivity contribution >= 4 is 35.0 Å². The fourth-order valence-corrected chi connectivity index (χ4v) is 2.83. The fourth-order valence-electron chi connectivity index (χ4n) is 2.53. The Bertz CT molecular complexity index is 928. The molecule has 0 aliphatic rings. The van der Waals surface area contributed by atoms with E-state index in [-0.39, 0.29) is 10.7 Å². The van der Waals surface area contributed by atoms with Crippen LogP contribution in [0.5, 0.6) is 11.5 Å². The number of nitrogens with zero attached hydrogens (tertiary/aromatic N) is 1. The van der Waals surface area contributed by atoms with E-state index in [0.717, 1.165) is 12.1 Å². The van der Waals surface area contributed by atoms with Gasteiger partial charge in [0.2, 0.25) is 5.91 Å². The van der Waals surface area contributed by atoms with Crippen LogP contribution in [0.15, 0.2) is 36.4 Å². The Morgan fingerprint density at radius 1 is 1.14 bits per heavy atom. The molecule has 0 saturated heterocycles. The van der Waals surface area contributed by atoms with Crippen molar-refractivity contribution in [3.05, 3.63) is 52.6 Å². The lowest BCUT2D eigenvalue weighted by Crippen LogP contribution is -2.16. The number of hydrogen-bond acceptors (Lipinski definition) is 4. The smallest absolute Gasteiger partial charge is 0.418 e. The van der Waals surface area contributed by atoms with E-state index >= 15 is 0 Å². The molecule has 0 fully saturated rings. The molecule has 0 bridgehead atoms. The Morgan fingerprint density at radius 3 is 2.38 bits per heavy atom. The lowest BCUT2D eigenvalue weighted by Gasteiger charge is -2.18. The summed E-state index contributed by atoms with van der Waals surface area (Å²) >= 11 is 6.10. The van der Waals surface area contributed by atoms with Crippen LogP contribution in [-0.2, 0) is 11.0 Å². The summed E-state index contributed by atoms with van der Waals surface area (Å²) < 4.78 is 50.4. The molecule has 2 aromatic carbocycles. The molecular weight excluding hydrogens is 409 g/mol. The number of benzene rings is 2. The molecule has 0 radical (unpaired) electrons. The monoisotopic (exact) mass is 428 g/mol. The van der Waals surface area contributed by atoms with Crippen molar-refractivity contribution in [2.75, 3.05) is 38.5 Å². The minimum Gasteiger partial charge on any atom is -0.493 e. The Kier molecular flexibility index (Phi) is 7.02. The summed E-state index contributed by atoms with van der Waals surface area (Å²) in [6.45, 7) is 0. The number of rotatable bonds is 6. The third-order valence-electron chi connectivity index (χ3n) is 3.97. The van der Waals surface area contributed by atoms with Crippen molar-refractivity contribution in [2.45, 2.75) is 6.18 Å². The van der Waals surface area contributed by atoms with Gasteiger partial charge in [-0.3, -0.25) is 4.79 Å². The number of hydrogen-bond donors (Lipinski definition) is 1. The normalized spacial score (nSPS) is 11.4. The van der Waals surface area contributed by atoms with Crippen LogP contribution >= 0.6 is 11.6 Å². The Labute approximate surface area is 171 Å². The van der Waals surface area contributed by atoms with Crippen LogP contribution in [-0.4, -0.2) is 34.2 Å². The number of carbonyl (C=O) groups excluding carboxylic acids is 1. The van der Waals surface area contributed by atoms with E-state index in [1.54, 1.807) is 31.1 Å². The quantitative estimate of drug-likeness (QED) is 0.651. The highest BCUT2D eigenvalue weighted by molar-refractivity contribution is 6.32. The van der Waals surface area contributed by atoms with Gasteiger partial charge in [-0.15, -0.1) is 0 Å². The topological polar surface area (TPSA) is 50.8 Å². The van der Waals surface area contributed by atoms with Crippen molar-refractivity contribution in [3.8, 4) is 11.5 Å². The van der Waals surface area contributed by atoms with Gasteiger partial charge in [-0.25, -0.2) is 0 Å². The predicted octanol–water partition coefficient (Wildman–Crippen LogP) is 5.09. The molecule has 0 heterocycles. The number of alkyl halides is 3. The van der Waals surface area contributed by atoms with Gasteiger partial charge in [0, 0.05) is 25.9 Å². The van der Waals surface area contributed by atoms with E-state index in [0.29, 0.717) is 22.7 Å². The summed E-state index contributed by atoms with van der Waals surface area (Å²) in [5.74, 6) is -0.0238. The fraction of sp³-hybridized carbons (Fsp3) is 0.250. The van der Waals surface area contributed by atoms with Crippen LogP contribution in [0.1, 0.15) is 11.1 Å². The van der Waals surface area contributed by atoms with E-state index in [1.807, 2.05) is 0 Å². The molecule has 0 spiro atoms. The lowest BCUT2D eigenvalue weighted by molar-refractivity contribution is -0.136. The molecule has 156 valence electrons. The lowest BCUT2D eigenvalue weighted by atomic mass is 10.1. The minimum atomic E-state index is -4.62. The van der Waals surface area contributed by atoms with Crippen LogP contribution in [0, 0.1) is 0 Å². The Hall–Kier alpha value is -2.87. The van der Waals surface area contributed by atoms with Gasteiger partial charge in [0.05, 0.1) is 30.5 Å². The third kappa shape index (κ3) is 5.57. The molecule has 2 aromatic rings. The Balaban J connectivity index is 2.26. The molecule has 0 unspecified atom stereocenters. The second kappa shape index (κ2) is 9.09. The van der Waals surface area contributed by atoms with Crippen molar-refractivity contribution in [1.82, 2.24) is 0 Å². The average Bonchev–Trinajstić information content (AvgIpc) is 2.65. The van der Waals surface area contributed by atoms with Gasteiger partial charge in [0.1, 0.15) is 0 Å². The number of methoxy groups -OCH3 is 2. The van der Waals surface area contributed by atoms with Crippen LogP contribution in [0.2, 0.25) is 5.02 Å². The van der Waals surface area contributed by atoms with E-state index in [2.05, 4.69) is 5.32 Å². The standard InChI is InChI=1S/C20H20ClF3N2O3/c1-26(2)13-6-7-16(14(11-13)20(22,23)24)25-18(27)8-5-12-9-15(21)19(29-4)17(10-12)28-3/h5-11H,1-4H3,(H,25,27). The van der Waals surface area contributed by atoms with Gasteiger partial charge in [0.15, 0.2) is 11.5 Å². The first kappa shape index (κ1) is 22.4. The molecule has 5 nitrogen and oxygen atoms in total. The first-order valence-corrected chi connectivity index (χ1v) is 8.73. The van der Waals surface area contributed by atoms with Crippen molar-refractivity contribution in [3.63, 3.8) is 0 Å². The molecule has 0 saturated carbocycles. The molecule has 0 aromatic heterocycles. The maximum atomic E-state index is 13.4. The van der Waals surface area contributed by atoms with E-state index in [1.165, 1.54) is 32.4 Å². The van der Waals surface area contributed by atoms with Crippen molar-refractivity contribution < 1.29 is 27.4 Å². The molecular formula is C20H20ClF3N2O3. The maximum absolute atomic E-state index is 13.4. The molecule has 0 aliphatic heterocycles. The molecule has 2 rings (SSSR count). The zero-order valence-electron chi connectivity index (χ0n) is 16.2. The van der Waals surface area contributed by atoms with Gasteiger partial charge in [-0.1, -0.05) is 11.6 Å². The van der Waals surface area contributed by atoms with E-state index < -0.39 is 17.6 Å². The molecule has 0 aliphatic carbocycles. The number of halogens is 4. The summed E-state index contributed by atoms with van der Waals surface area (Å²) in [7, 11) is 6.13. The number of anilines is 2. The summed E-state index contributed by atoms with van der Waals surface area (Å²) in [6.07, 6.45) is -2.10. The first-order valence-electron chi connectivity index (χ1n) is 8.36. The number of carbonyl (C=O) groups is 1. The van der Waals surface area contributed by atoms with E-state index in [4.69, 9.17) is 21.1 Å². The Morgan fingerprint density at radius 2 is 1.83 bits per heavy atom. The predicted molar refractivity (Wildman–Crippen MR) is 108 cm³/mol. The van der Waals surface area contributed by atoms with Gasteiger partial charge >= 0.3 is 6.18 Å². The van der Waals surface area contributed by atoms with Gasteiger partial charge in [0.25, 0.3) is 0 Å². The molecule has 9 heteroatoms. The van der Waals surface area contributed by atoms with Crippen LogP contribution in [0.25, 0.3) is 6.08 Å². The van der Waals surface area contributed by atoms with Crippen molar-refractivity contribution in [1.29, 1.82) is 0 Å². The minimum absolute atomic E-state index is 0.269. The summed E-state index contributed by atoms with van der Waals surface area (Å²) in [4.78, 5) is 13.7. The molecule has 1 amide bonds. The highest BCUT2D eigenvalue weighted by atomic mass is 35.5. The van der Waals surface area contributed by atoms with Crippen LogP contribution in [0.3, 0.4) is 0 Å². The van der Waals surface area contributed by atoms with Crippen molar-refractivity contribution in [2.24, 2.45) is 0 Å². The van der Waals surface area contributed by atoms with Gasteiger partial charge < -0.3 is 19.7 Å². The van der Waals surface area contributed by atoms with E-state index in [9.17, 15) is 18.0 Å².